The number of hydrogen-bond acceptors (Lipinski definition) is 5. The van der Waals surface area contributed by atoms with Crippen molar-refractivity contribution >= 4 is 5.82 Å². The Kier molecular flexibility index (Phi) is 4.49. The number of rotatable bonds is 5. The fourth-order valence-corrected chi connectivity index (χ4v) is 1.29. The molecule has 0 aromatic carbocycles. The maximum absolute atomic E-state index is 5.78. The predicted octanol–water partition coefficient (Wildman–Crippen LogP) is 1.34. The summed E-state index contributed by atoms with van der Waals surface area (Å²) in [7, 11) is 1.64. The Bertz CT molecular complexity index is 355. The molecule has 0 fully saturated rings. The van der Waals surface area contributed by atoms with Crippen molar-refractivity contribution in [3.05, 3.63) is 11.4 Å². The van der Waals surface area contributed by atoms with E-state index in [4.69, 9.17) is 15.2 Å². The zero-order valence-electron chi connectivity index (χ0n) is 10.3. The molecule has 1 unspecified atom stereocenters. The smallest absolute Gasteiger partial charge is 0.222 e. The summed E-state index contributed by atoms with van der Waals surface area (Å²) in [6.07, 6.45) is 0.683. The molecule has 0 aliphatic rings. The molecule has 0 aliphatic heterocycles. The zero-order chi connectivity index (χ0) is 12.1. The molecular formula is C11H19N3O2. The number of hydrogen-bond donors (Lipinski definition) is 1. The van der Waals surface area contributed by atoms with Crippen molar-refractivity contribution in [2.75, 3.05) is 19.5 Å². The summed E-state index contributed by atoms with van der Waals surface area (Å²) in [5.41, 5.74) is 6.56. The quantitative estimate of drug-likeness (QED) is 0.819. The van der Waals surface area contributed by atoms with Crippen molar-refractivity contribution in [2.24, 2.45) is 0 Å². The molecule has 1 rings (SSSR count). The van der Waals surface area contributed by atoms with Gasteiger partial charge in [0.1, 0.15) is 17.7 Å². The van der Waals surface area contributed by atoms with Gasteiger partial charge in [-0.05, 0) is 13.8 Å². The molecule has 0 saturated carbocycles. The van der Waals surface area contributed by atoms with Crippen LogP contribution in [-0.4, -0.2) is 29.8 Å². The van der Waals surface area contributed by atoms with Crippen molar-refractivity contribution in [3.8, 4) is 5.88 Å². The molecule has 0 amide bonds. The van der Waals surface area contributed by atoms with Gasteiger partial charge in [-0.3, -0.25) is 0 Å². The van der Waals surface area contributed by atoms with E-state index in [0.717, 1.165) is 12.0 Å². The van der Waals surface area contributed by atoms with Gasteiger partial charge in [-0.1, -0.05) is 6.92 Å². The Hall–Kier alpha value is -1.36. The van der Waals surface area contributed by atoms with Crippen LogP contribution in [0.4, 0.5) is 5.82 Å². The largest absolute Gasteiger partial charge is 0.472 e. The monoisotopic (exact) mass is 225 g/mol. The molecule has 0 bridgehead atoms. The Morgan fingerprint density at radius 1 is 1.38 bits per heavy atom. The minimum atomic E-state index is -0.0530. The van der Waals surface area contributed by atoms with Gasteiger partial charge in [-0.2, -0.15) is 4.98 Å². The van der Waals surface area contributed by atoms with Crippen LogP contribution in [0.25, 0.3) is 0 Å². The minimum Gasteiger partial charge on any atom is -0.472 e. The van der Waals surface area contributed by atoms with Gasteiger partial charge in [0.2, 0.25) is 5.88 Å². The number of aryl methyl sites for hydroxylation is 1. The van der Waals surface area contributed by atoms with Gasteiger partial charge in [0, 0.05) is 13.5 Å². The van der Waals surface area contributed by atoms with Crippen LogP contribution in [-0.2, 0) is 11.2 Å². The van der Waals surface area contributed by atoms with Crippen LogP contribution in [0, 0.1) is 6.92 Å². The van der Waals surface area contributed by atoms with E-state index < -0.39 is 0 Å². The number of nitrogens with two attached hydrogens (primary N) is 1. The topological polar surface area (TPSA) is 70.3 Å². The molecule has 90 valence electrons. The van der Waals surface area contributed by atoms with E-state index in [1.807, 2.05) is 20.8 Å². The highest BCUT2D eigenvalue weighted by Gasteiger charge is 2.12. The molecule has 2 N–H and O–H groups in total. The normalized spacial score (nSPS) is 12.5. The zero-order valence-corrected chi connectivity index (χ0v) is 10.3. The van der Waals surface area contributed by atoms with Crippen LogP contribution in [0.2, 0.25) is 0 Å². The number of nitrogen functional groups attached to an aromatic ring is 1. The molecule has 0 radical (unpaired) electrons. The van der Waals surface area contributed by atoms with E-state index in [1.165, 1.54) is 0 Å². The molecule has 1 atom stereocenters. The molecule has 1 aromatic heterocycles. The Morgan fingerprint density at radius 3 is 2.62 bits per heavy atom. The van der Waals surface area contributed by atoms with Gasteiger partial charge >= 0.3 is 0 Å². The Balaban J connectivity index is 2.89. The predicted molar refractivity (Wildman–Crippen MR) is 62.5 cm³/mol. The average molecular weight is 225 g/mol. The lowest BCUT2D eigenvalue weighted by molar-refractivity contribution is 0.0882. The van der Waals surface area contributed by atoms with Crippen LogP contribution in [0.5, 0.6) is 5.88 Å². The van der Waals surface area contributed by atoms with Gasteiger partial charge < -0.3 is 15.2 Å². The van der Waals surface area contributed by atoms with Crippen LogP contribution in [0.1, 0.15) is 25.2 Å². The van der Waals surface area contributed by atoms with Gasteiger partial charge in [-0.25, -0.2) is 4.98 Å². The Labute approximate surface area is 96.0 Å². The first-order chi connectivity index (χ1) is 7.58. The van der Waals surface area contributed by atoms with E-state index in [1.54, 1.807) is 7.11 Å². The van der Waals surface area contributed by atoms with Crippen molar-refractivity contribution in [3.63, 3.8) is 0 Å². The molecule has 1 aromatic rings. The number of ether oxygens (including phenoxy) is 2. The summed E-state index contributed by atoms with van der Waals surface area (Å²) in [5.74, 6) is 1.73. The first kappa shape index (κ1) is 12.7. The van der Waals surface area contributed by atoms with Crippen LogP contribution in [0.3, 0.4) is 0 Å². The van der Waals surface area contributed by atoms with Gasteiger partial charge in [0.25, 0.3) is 0 Å². The molecule has 1 heterocycles. The highest BCUT2D eigenvalue weighted by molar-refractivity contribution is 5.44. The standard InChI is InChI=1S/C11H19N3O2/c1-5-9-13-10(12)8(3)11(14-9)16-7(2)6-15-4/h7H,5-6H2,1-4H3,(H2,12,13,14). The second kappa shape index (κ2) is 5.65. The average Bonchev–Trinajstić information content (AvgIpc) is 2.24. The fourth-order valence-electron chi connectivity index (χ4n) is 1.29. The van der Waals surface area contributed by atoms with Crippen molar-refractivity contribution in [2.45, 2.75) is 33.3 Å². The highest BCUT2D eigenvalue weighted by Crippen LogP contribution is 2.20. The van der Waals surface area contributed by atoms with Crippen LogP contribution < -0.4 is 10.5 Å². The van der Waals surface area contributed by atoms with Crippen molar-refractivity contribution in [1.29, 1.82) is 0 Å². The Morgan fingerprint density at radius 2 is 2.06 bits per heavy atom. The number of aromatic nitrogens is 2. The van der Waals surface area contributed by atoms with Crippen LogP contribution >= 0.6 is 0 Å². The second-order valence-corrected chi connectivity index (χ2v) is 3.69. The molecule has 16 heavy (non-hydrogen) atoms. The molecule has 5 nitrogen and oxygen atoms in total. The van der Waals surface area contributed by atoms with Gasteiger partial charge in [0.15, 0.2) is 0 Å². The summed E-state index contributed by atoms with van der Waals surface area (Å²) in [6, 6.07) is 0. The third kappa shape index (κ3) is 3.06. The molecular weight excluding hydrogens is 206 g/mol. The summed E-state index contributed by atoms with van der Waals surface area (Å²) < 4.78 is 10.7. The van der Waals surface area contributed by atoms with E-state index in [9.17, 15) is 0 Å². The SMILES string of the molecule is CCc1nc(N)c(C)c(OC(C)COC)n1. The third-order valence-electron chi connectivity index (χ3n) is 2.22. The summed E-state index contributed by atoms with van der Waals surface area (Å²) in [4.78, 5) is 8.47. The lowest BCUT2D eigenvalue weighted by atomic mass is 10.3. The molecule has 0 spiro atoms. The molecule has 0 saturated heterocycles. The second-order valence-electron chi connectivity index (χ2n) is 3.69. The third-order valence-corrected chi connectivity index (χ3v) is 2.22. The first-order valence-corrected chi connectivity index (χ1v) is 5.37. The van der Waals surface area contributed by atoms with E-state index >= 15 is 0 Å². The summed E-state index contributed by atoms with van der Waals surface area (Å²) >= 11 is 0. The number of nitrogens with zero attached hydrogens (tertiary/aromatic N) is 2. The first-order valence-electron chi connectivity index (χ1n) is 5.37. The van der Waals surface area contributed by atoms with Gasteiger partial charge in [0.05, 0.1) is 12.2 Å². The van der Waals surface area contributed by atoms with E-state index in [0.29, 0.717) is 24.1 Å². The van der Waals surface area contributed by atoms with E-state index in [2.05, 4.69) is 9.97 Å². The number of methoxy groups -OCH3 is 1. The number of anilines is 1. The summed E-state index contributed by atoms with van der Waals surface area (Å²) in [5, 5.41) is 0. The molecule has 0 aliphatic carbocycles. The summed E-state index contributed by atoms with van der Waals surface area (Å²) in [6.45, 7) is 6.27. The van der Waals surface area contributed by atoms with Crippen molar-refractivity contribution < 1.29 is 9.47 Å². The maximum Gasteiger partial charge on any atom is 0.222 e. The lowest BCUT2D eigenvalue weighted by Gasteiger charge is -2.15. The highest BCUT2D eigenvalue weighted by atomic mass is 16.5. The van der Waals surface area contributed by atoms with Crippen molar-refractivity contribution in [1.82, 2.24) is 9.97 Å². The fraction of sp³-hybridized carbons (Fsp3) is 0.636. The molecule has 5 heteroatoms. The lowest BCUT2D eigenvalue weighted by Crippen LogP contribution is -2.20. The van der Waals surface area contributed by atoms with E-state index in [-0.39, 0.29) is 6.10 Å². The minimum absolute atomic E-state index is 0.0530. The van der Waals surface area contributed by atoms with Crippen LogP contribution in [0.15, 0.2) is 0 Å². The van der Waals surface area contributed by atoms with Gasteiger partial charge in [-0.15, -0.1) is 0 Å². The maximum atomic E-state index is 5.78.